The van der Waals surface area contributed by atoms with Gasteiger partial charge in [0.25, 0.3) is 0 Å². The molecule has 4 rings (SSSR count). The quantitative estimate of drug-likeness (QED) is 0.403. The molecule has 0 fully saturated rings. The zero-order chi connectivity index (χ0) is 19.3. The number of aryl methyl sites for hydroxylation is 1. The van der Waals surface area contributed by atoms with Crippen LogP contribution in [0, 0.1) is 6.92 Å². The minimum Gasteiger partial charge on any atom is -0.441 e. The molecule has 28 heavy (non-hydrogen) atoms. The van der Waals surface area contributed by atoms with Crippen molar-refractivity contribution in [3.8, 4) is 11.5 Å². The Balaban J connectivity index is 1.53. The number of nitrogens with zero attached hydrogens (tertiary/aromatic N) is 2. The van der Waals surface area contributed by atoms with Crippen LogP contribution in [-0.4, -0.2) is 15.8 Å². The van der Waals surface area contributed by atoms with Gasteiger partial charge in [-0.2, -0.15) is 0 Å². The van der Waals surface area contributed by atoms with E-state index in [0.29, 0.717) is 30.4 Å². The van der Waals surface area contributed by atoms with E-state index in [1.807, 2.05) is 65.0 Å². The number of oxazole rings is 1. The van der Waals surface area contributed by atoms with Gasteiger partial charge >= 0.3 is 0 Å². The van der Waals surface area contributed by atoms with Gasteiger partial charge in [-0.25, -0.2) is 4.98 Å². The van der Waals surface area contributed by atoms with Crippen molar-refractivity contribution in [3.63, 3.8) is 0 Å². The second kappa shape index (κ2) is 8.54. The van der Waals surface area contributed by atoms with Crippen LogP contribution in [0.1, 0.15) is 21.2 Å². The third kappa shape index (κ3) is 4.40. The molecule has 3 heterocycles. The summed E-state index contributed by atoms with van der Waals surface area (Å²) in [5, 5.41) is 4.08. The molecule has 0 aliphatic rings. The Morgan fingerprint density at radius 1 is 0.964 bits per heavy atom. The molecular formula is C22H20N2O2S2. The minimum absolute atomic E-state index is 0.0535. The van der Waals surface area contributed by atoms with Crippen LogP contribution in [0.15, 0.2) is 69.8 Å². The number of rotatable bonds is 7. The lowest BCUT2D eigenvalue weighted by Crippen LogP contribution is -2.31. The number of amides is 1. The lowest BCUT2D eigenvalue weighted by molar-refractivity contribution is -0.131. The molecule has 0 spiro atoms. The lowest BCUT2D eigenvalue weighted by atomic mass is 10.2. The van der Waals surface area contributed by atoms with Gasteiger partial charge in [-0.1, -0.05) is 30.3 Å². The number of carbonyl (C=O) groups excluding carboxylic acids is 1. The summed E-state index contributed by atoms with van der Waals surface area (Å²) in [4.78, 5) is 21.9. The summed E-state index contributed by atoms with van der Waals surface area (Å²) in [5.74, 6) is 1.31. The second-order valence-corrected chi connectivity index (χ2v) is 8.54. The highest BCUT2D eigenvalue weighted by Gasteiger charge is 2.20. The van der Waals surface area contributed by atoms with Gasteiger partial charge in [-0.05, 0) is 41.9 Å². The molecule has 0 aliphatic carbocycles. The van der Waals surface area contributed by atoms with E-state index in [1.54, 1.807) is 22.7 Å². The fraction of sp³-hybridized carbons (Fsp3) is 0.182. The number of benzene rings is 1. The Hall–Kier alpha value is -2.70. The molecule has 0 unspecified atom stereocenters. The van der Waals surface area contributed by atoms with Crippen molar-refractivity contribution < 1.29 is 9.21 Å². The largest absolute Gasteiger partial charge is 0.441 e. The molecule has 0 saturated heterocycles. The summed E-state index contributed by atoms with van der Waals surface area (Å²) >= 11 is 3.33. The highest BCUT2D eigenvalue weighted by Crippen LogP contribution is 2.23. The van der Waals surface area contributed by atoms with E-state index < -0.39 is 0 Å². The maximum absolute atomic E-state index is 13.1. The van der Waals surface area contributed by atoms with E-state index in [0.717, 1.165) is 5.56 Å². The molecule has 1 amide bonds. The van der Waals surface area contributed by atoms with Crippen LogP contribution in [0.3, 0.4) is 0 Å². The highest BCUT2D eigenvalue weighted by molar-refractivity contribution is 7.10. The van der Waals surface area contributed by atoms with Crippen molar-refractivity contribution in [1.82, 2.24) is 9.88 Å². The normalized spacial score (nSPS) is 10.9. The van der Waals surface area contributed by atoms with Crippen molar-refractivity contribution in [1.29, 1.82) is 0 Å². The summed E-state index contributed by atoms with van der Waals surface area (Å²) in [6.07, 6.45) is 0.235. The average molecular weight is 409 g/mol. The van der Waals surface area contributed by atoms with Crippen molar-refractivity contribution in [2.24, 2.45) is 0 Å². The van der Waals surface area contributed by atoms with Crippen LogP contribution in [0.2, 0.25) is 0 Å². The van der Waals surface area contributed by atoms with Crippen molar-refractivity contribution >= 4 is 28.6 Å². The zero-order valence-electron chi connectivity index (χ0n) is 15.5. The summed E-state index contributed by atoms with van der Waals surface area (Å²) in [6.45, 7) is 3.08. The van der Waals surface area contributed by atoms with Crippen molar-refractivity contribution in [2.75, 3.05) is 0 Å². The zero-order valence-corrected chi connectivity index (χ0v) is 17.1. The number of hydrogen-bond acceptors (Lipinski definition) is 5. The van der Waals surface area contributed by atoms with Crippen molar-refractivity contribution in [3.05, 3.63) is 86.6 Å². The Kier molecular flexibility index (Phi) is 5.69. The van der Waals surface area contributed by atoms with Gasteiger partial charge in [-0.15, -0.1) is 22.7 Å². The maximum Gasteiger partial charge on any atom is 0.229 e. The first-order valence-corrected chi connectivity index (χ1v) is 10.8. The smallest absolute Gasteiger partial charge is 0.229 e. The van der Waals surface area contributed by atoms with Crippen LogP contribution in [0.25, 0.3) is 11.5 Å². The number of carbonyl (C=O) groups is 1. The highest BCUT2D eigenvalue weighted by atomic mass is 32.1. The maximum atomic E-state index is 13.1. The topological polar surface area (TPSA) is 46.3 Å². The van der Waals surface area contributed by atoms with Gasteiger partial charge < -0.3 is 9.32 Å². The fourth-order valence-corrected chi connectivity index (χ4v) is 4.40. The molecule has 3 aromatic heterocycles. The Morgan fingerprint density at radius 3 is 2.18 bits per heavy atom. The summed E-state index contributed by atoms with van der Waals surface area (Å²) < 4.78 is 5.82. The molecule has 0 radical (unpaired) electrons. The monoisotopic (exact) mass is 408 g/mol. The van der Waals surface area contributed by atoms with E-state index in [1.165, 1.54) is 9.75 Å². The Morgan fingerprint density at radius 2 is 1.61 bits per heavy atom. The van der Waals surface area contributed by atoms with Crippen LogP contribution in [0.4, 0.5) is 0 Å². The fourth-order valence-electron chi connectivity index (χ4n) is 2.96. The van der Waals surface area contributed by atoms with E-state index in [9.17, 15) is 4.79 Å². The first kappa shape index (κ1) is 18.7. The molecule has 0 N–H and O–H groups in total. The minimum atomic E-state index is 0.0535. The van der Waals surface area contributed by atoms with Crippen LogP contribution < -0.4 is 0 Å². The van der Waals surface area contributed by atoms with Gasteiger partial charge in [0.1, 0.15) is 5.76 Å². The van der Waals surface area contributed by atoms with E-state index in [2.05, 4.69) is 17.1 Å². The third-order valence-corrected chi connectivity index (χ3v) is 6.16. The van der Waals surface area contributed by atoms with Crippen LogP contribution >= 0.6 is 22.7 Å². The second-order valence-electron chi connectivity index (χ2n) is 6.47. The SMILES string of the molecule is Cc1oc(-c2ccccc2)nc1CC(=O)N(Cc1cccs1)Cc1cccs1. The van der Waals surface area contributed by atoms with Gasteiger partial charge in [-0.3, -0.25) is 4.79 Å². The predicted octanol–water partition coefficient (Wildman–Crippen LogP) is 5.54. The van der Waals surface area contributed by atoms with Gasteiger partial charge in [0, 0.05) is 15.3 Å². The number of thiophene rings is 2. The molecule has 0 bridgehead atoms. The molecule has 0 saturated carbocycles. The van der Waals surface area contributed by atoms with E-state index in [4.69, 9.17) is 4.42 Å². The molecule has 0 atom stereocenters. The Bertz CT molecular complexity index is 986. The van der Waals surface area contributed by atoms with E-state index >= 15 is 0 Å². The van der Waals surface area contributed by atoms with Gasteiger partial charge in [0.05, 0.1) is 25.2 Å². The molecule has 4 aromatic rings. The average Bonchev–Trinajstić information content (AvgIpc) is 3.46. The van der Waals surface area contributed by atoms with E-state index in [-0.39, 0.29) is 12.3 Å². The summed E-state index contributed by atoms with van der Waals surface area (Å²) in [5.41, 5.74) is 1.62. The first-order chi connectivity index (χ1) is 13.7. The third-order valence-electron chi connectivity index (χ3n) is 4.44. The van der Waals surface area contributed by atoms with Crippen LogP contribution in [0.5, 0.6) is 0 Å². The molecule has 0 aliphatic heterocycles. The number of hydrogen-bond donors (Lipinski definition) is 0. The van der Waals surface area contributed by atoms with Gasteiger partial charge in [0.15, 0.2) is 0 Å². The Labute approximate surface area is 172 Å². The molecule has 142 valence electrons. The summed E-state index contributed by atoms with van der Waals surface area (Å²) in [6, 6.07) is 17.9. The van der Waals surface area contributed by atoms with Crippen molar-refractivity contribution in [2.45, 2.75) is 26.4 Å². The molecule has 1 aromatic carbocycles. The molecular weight excluding hydrogens is 388 g/mol. The molecule has 6 heteroatoms. The van der Waals surface area contributed by atoms with Gasteiger partial charge in [0.2, 0.25) is 11.8 Å². The standard InChI is InChI=1S/C22H20N2O2S2/c1-16-20(23-22(26-16)17-7-3-2-4-8-17)13-21(25)24(14-18-9-5-11-27-18)15-19-10-6-12-28-19/h2-12H,13-15H2,1H3. The molecule has 4 nitrogen and oxygen atoms in total. The number of aromatic nitrogens is 1. The first-order valence-electron chi connectivity index (χ1n) is 9.03. The van der Waals surface area contributed by atoms with Crippen LogP contribution in [-0.2, 0) is 24.3 Å². The lowest BCUT2D eigenvalue weighted by Gasteiger charge is -2.21. The summed E-state index contributed by atoms with van der Waals surface area (Å²) in [7, 11) is 0. The predicted molar refractivity (Wildman–Crippen MR) is 113 cm³/mol.